The topological polar surface area (TPSA) is 39.2 Å². The van der Waals surface area contributed by atoms with E-state index in [1.54, 1.807) is 6.07 Å². The molecule has 2 rings (SSSR count). The highest BCUT2D eigenvalue weighted by Crippen LogP contribution is 2.13. The minimum Gasteiger partial charge on any atom is -0.456 e. The molecule has 0 unspecified atom stereocenters. The zero-order chi connectivity index (χ0) is 13.0. The number of carbonyl (C=O) groups excluding carboxylic acids is 1. The molecule has 2 aromatic rings. The number of halogens is 2. The molecule has 0 aliphatic carbocycles. The summed E-state index contributed by atoms with van der Waals surface area (Å²) in [7, 11) is 0. The monoisotopic (exact) mass is 325 g/mol. The molecule has 3 nitrogen and oxygen atoms in total. The molecular formula is C13H9BrClNO2. The summed E-state index contributed by atoms with van der Waals surface area (Å²) in [5, 5.41) is 0.459. The van der Waals surface area contributed by atoms with Crippen molar-refractivity contribution in [1.29, 1.82) is 0 Å². The van der Waals surface area contributed by atoms with Gasteiger partial charge in [-0.1, -0.05) is 39.7 Å². The molecule has 0 radical (unpaired) electrons. The number of benzene rings is 1. The highest BCUT2D eigenvalue weighted by atomic mass is 79.9. The second-order valence-corrected chi connectivity index (χ2v) is 4.91. The van der Waals surface area contributed by atoms with Crippen molar-refractivity contribution in [3.8, 4) is 0 Å². The molecule has 0 aliphatic rings. The molecule has 1 heterocycles. The van der Waals surface area contributed by atoms with Crippen LogP contribution in [0.15, 0.2) is 47.1 Å². The Kier molecular flexibility index (Phi) is 4.33. The van der Waals surface area contributed by atoms with Gasteiger partial charge in [-0.25, -0.2) is 9.78 Å². The Hall–Kier alpha value is -1.39. The normalized spacial score (nSPS) is 10.1. The summed E-state index contributed by atoms with van der Waals surface area (Å²) < 4.78 is 6.11. The van der Waals surface area contributed by atoms with Gasteiger partial charge in [-0.3, -0.25) is 0 Å². The molecule has 0 aliphatic heterocycles. The van der Waals surface area contributed by atoms with Crippen LogP contribution in [0, 0.1) is 0 Å². The summed E-state index contributed by atoms with van der Waals surface area (Å²) in [4.78, 5) is 15.6. The number of nitrogens with zero attached hydrogens (tertiary/aromatic N) is 1. The molecule has 0 bridgehead atoms. The third-order valence-corrected chi connectivity index (χ3v) is 2.98. The summed E-state index contributed by atoms with van der Waals surface area (Å²) in [5.74, 6) is -0.486. The van der Waals surface area contributed by atoms with Gasteiger partial charge in [0.2, 0.25) is 0 Å². The summed E-state index contributed by atoms with van der Waals surface area (Å²) in [5.41, 5.74) is 1.12. The van der Waals surface area contributed by atoms with Crippen molar-refractivity contribution in [2.24, 2.45) is 0 Å². The fourth-order valence-corrected chi connectivity index (χ4v) is 1.74. The van der Waals surface area contributed by atoms with Crippen LogP contribution < -0.4 is 0 Å². The van der Waals surface area contributed by atoms with Crippen LogP contribution in [-0.4, -0.2) is 11.0 Å². The first kappa shape index (κ1) is 13.1. The molecule has 1 aromatic carbocycles. The second kappa shape index (κ2) is 5.98. The zero-order valence-corrected chi connectivity index (χ0v) is 11.6. The Labute approximate surface area is 118 Å². The van der Waals surface area contributed by atoms with Gasteiger partial charge >= 0.3 is 5.97 Å². The Balaban J connectivity index is 1.98. The van der Waals surface area contributed by atoms with E-state index in [0.29, 0.717) is 5.02 Å². The van der Waals surface area contributed by atoms with Crippen molar-refractivity contribution in [2.45, 2.75) is 6.61 Å². The number of esters is 1. The van der Waals surface area contributed by atoms with Crippen LogP contribution in [0.1, 0.15) is 16.1 Å². The van der Waals surface area contributed by atoms with Crippen LogP contribution in [0.4, 0.5) is 0 Å². The lowest BCUT2D eigenvalue weighted by Crippen LogP contribution is -2.07. The number of hydrogen-bond donors (Lipinski definition) is 0. The zero-order valence-electron chi connectivity index (χ0n) is 9.27. The lowest BCUT2D eigenvalue weighted by atomic mass is 10.2. The summed E-state index contributed by atoms with van der Waals surface area (Å²) in [6.07, 6.45) is 1.47. The van der Waals surface area contributed by atoms with Gasteiger partial charge in [0.05, 0.1) is 0 Å². The molecule has 0 N–H and O–H groups in total. The first-order valence-corrected chi connectivity index (χ1v) is 6.35. The summed E-state index contributed by atoms with van der Waals surface area (Å²) >= 11 is 9.11. The van der Waals surface area contributed by atoms with Crippen molar-refractivity contribution < 1.29 is 9.53 Å². The number of ether oxygens (including phenoxy) is 1. The van der Waals surface area contributed by atoms with Gasteiger partial charge in [-0.05, 0) is 29.8 Å². The van der Waals surface area contributed by atoms with Crippen LogP contribution in [-0.2, 0) is 11.3 Å². The highest BCUT2D eigenvalue weighted by molar-refractivity contribution is 9.10. The van der Waals surface area contributed by atoms with Crippen molar-refractivity contribution in [3.63, 3.8) is 0 Å². The molecule has 0 fully saturated rings. The van der Waals surface area contributed by atoms with E-state index in [4.69, 9.17) is 16.3 Å². The van der Waals surface area contributed by atoms with Crippen molar-refractivity contribution in [1.82, 2.24) is 4.98 Å². The maximum Gasteiger partial charge on any atom is 0.357 e. The number of aromatic nitrogens is 1. The predicted molar refractivity (Wildman–Crippen MR) is 72.5 cm³/mol. The lowest BCUT2D eigenvalue weighted by Gasteiger charge is -2.04. The number of carbonyl (C=O) groups is 1. The van der Waals surface area contributed by atoms with Crippen molar-refractivity contribution >= 4 is 33.5 Å². The molecule has 92 valence electrons. The maximum atomic E-state index is 11.7. The first-order chi connectivity index (χ1) is 8.65. The Morgan fingerprint density at radius 3 is 2.67 bits per heavy atom. The fourth-order valence-electron chi connectivity index (χ4n) is 1.32. The van der Waals surface area contributed by atoms with E-state index in [1.165, 1.54) is 12.3 Å². The van der Waals surface area contributed by atoms with Crippen LogP contribution in [0.3, 0.4) is 0 Å². The summed E-state index contributed by atoms with van der Waals surface area (Å²) in [6.45, 7) is 0.209. The van der Waals surface area contributed by atoms with Gasteiger partial charge in [0.25, 0.3) is 0 Å². The van der Waals surface area contributed by atoms with Gasteiger partial charge in [0.15, 0.2) is 0 Å². The van der Waals surface area contributed by atoms with E-state index < -0.39 is 5.97 Å². The Bertz CT molecular complexity index is 557. The molecule has 0 spiro atoms. The van der Waals surface area contributed by atoms with Gasteiger partial charge in [0.1, 0.15) is 12.3 Å². The first-order valence-electron chi connectivity index (χ1n) is 5.18. The van der Waals surface area contributed by atoms with Gasteiger partial charge in [-0.2, -0.15) is 0 Å². The average molecular weight is 327 g/mol. The average Bonchev–Trinajstić information content (AvgIpc) is 2.38. The largest absolute Gasteiger partial charge is 0.456 e. The summed E-state index contributed by atoms with van der Waals surface area (Å²) in [6, 6.07) is 10.6. The van der Waals surface area contributed by atoms with E-state index in [1.807, 2.05) is 24.3 Å². The molecule has 18 heavy (non-hydrogen) atoms. The maximum absolute atomic E-state index is 11.7. The molecule has 0 amide bonds. The molecule has 1 aromatic heterocycles. The minimum absolute atomic E-state index is 0.208. The van der Waals surface area contributed by atoms with E-state index in [2.05, 4.69) is 20.9 Å². The molecule has 0 saturated carbocycles. The van der Waals surface area contributed by atoms with Crippen molar-refractivity contribution in [3.05, 3.63) is 63.3 Å². The van der Waals surface area contributed by atoms with E-state index in [0.717, 1.165) is 10.0 Å². The second-order valence-electron chi connectivity index (χ2n) is 3.56. The third kappa shape index (κ3) is 3.55. The van der Waals surface area contributed by atoms with Crippen LogP contribution >= 0.6 is 27.5 Å². The Morgan fingerprint density at radius 1 is 1.28 bits per heavy atom. The lowest BCUT2D eigenvalue weighted by molar-refractivity contribution is 0.0465. The van der Waals surface area contributed by atoms with Gasteiger partial charge < -0.3 is 4.74 Å². The molecule has 5 heteroatoms. The van der Waals surface area contributed by atoms with Crippen molar-refractivity contribution in [2.75, 3.05) is 0 Å². The van der Waals surface area contributed by atoms with E-state index >= 15 is 0 Å². The number of pyridine rings is 1. The predicted octanol–water partition coefficient (Wildman–Crippen LogP) is 3.85. The number of rotatable bonds is 3. The van der Waals surface area contributed by atoms with Crippen LogP contribution in [0.25, 0.3) is 0 Å². The smallest absolute Gasteiger partial charge is 0.357 e. The highest BCUT2D eigenvalue weighted by Gasteiger charge is 2.09. The fraction of sp³-hybridized carbons (Fsp3) is 0.0769. The van der Waals surface area contributed by atoms with E-state index in [-0.39, 0.29) is 12.3 Å². The molecule has 0 saturated heterocycles. The third-order valence-electron chi connectivity index (χ3n) is 2.21. The molecular weight excluding hydrogens is 318 g/mol. The number of hydrogen-bond acceptors (Lipinski definition) is 3. The standard InChI is InChI=1S/C13H9BrClNO2/c14-10-3-1-9(2-4-10)8-18-13(17)12-7-11(15)5-6-16-12/h1-7H,8H2. The van der Waals surface area contributed by atoms with Gasteiger partial charge in [-0.15, -0.1) is 0 Å². The van der Waals surface area contributed by atoms with Gasteiger partial charge in [0, 0.05) is 15.7 Å². The van der Waals surface area contributed by atoms with Crippen LogP contribution in [0.2, 0.25) is 5.02 Å². The van der Waals surface area contributed by atoms with E-state index in [9.17, 15) is 4.79 Å². The SMILES string of the molecule is O=C(OCc1ccc(Br)cc1)c1cc(Cl)ccn1. The molecule has 0 atom stereocenters. The quantitative estimate of drug-likeness (QED) is 0.804. The minimum atomic E-state index is -0.486. The Morgan fingerprint density at radius 2 is 2.00 bits per heavy atom. The van der Waals surface area contributed by atoms with Crippen LogP contribution in [0.5, 0.6) is 0 Å².